The Kier molecular flexibility index (Phi) is 5.70. The molecular formula is C14H21NO3. The van der Waals surface area contributed by atoms with Crippen molar-refractivity contribution in [1.82, 2.24) is 5.32 Å². The molecule has 0 aromatic heterocycles. The second-order valence-electron chi connectivity index (χ2n) is 4.90. The van der Waals surface area contributed by atoms with E-state index in [-0.39, 0.29) is 11.8 Å². The maximum absolute atomic E-state index is 12.0. The van der Waals surface area contributed by atoms with Crippen molar-refractivity contribution in [2.24, 2.45) is 17.8 Å². The van der Waals surface area contributed by atoms with Crippen molar-refractivity contribution in [2.45, 2.75) is 39.0 Å². The predicted octanol–water partition coefficient (Wildman–Crippen LogP) is 1.65. The van der Waals surface area contributed by atoms with E-state index in [0.717, 1.165) is 12.8 Å². The Labute approximate surface area is 108 Å². The molecule has 1 aliphatic rings. The molecule has 2 N–H and O–H groups in total. The van der Waals surface area contributed by atoms with Crippen LogP contribution in [-0.4, -0.2) is 23.5 Å². The number of aliphatic carboxylic acids is 1. The van der Waals surface area contributed by atoms with Crippen molar-refractivity contribution in [3.63, 3.8) is 0 Å². The minimum absolute atomic E-state index is 0.129. The molecule has 3 atom stereocenters. The van der Waals surface area contributed by atoms with Crippen molar-refractivity contribution in [1.29, 1.82) is 0 Å². The first-order valence-electron chi connectivity index (χ1n) is 6.54. The monoisotopic (exact) mass is 251 g/mol. The first-order valence-corrected chi connectivity index (χ1v) is 6.54. The van der Waals surface area contributed by atoms with E-state index >= 15 is 0 Å². The van der Waals surface area contributed by atoms with Crippen molar-refractivity contribution in [3.8, 4) is 12.3 Å². The van der Waals surface area contributed by atoms with Crippen LogP contribution in [0.3, 0.4) is 0 Å². The molecular weight excluding hydrogens is 230 g/mol. The van der Waals surface area contributed by atoms with Gasteiger partial charge in [-0.2, -0.15) is 0 Å². The van der Waals surface area contributed by atoms with Gasteiger partial charge in [0.25, 0.3) is 0 Å². The number of unbranched alkanes of at least 4 members (excludes halogenated alkanes) is 1. The van der Waals surface area contributed by atoms with Crippen molar-refractivity contribution in [2.75, 3.05) is 6.54 Å². The Balaban J connectivity index is 2.49. The summed E-state index contributed by atoms with van der Waals surface area (Å²) in [5.74, 6) is 0.980. The van der Waals surface area contributed by atoms with E-state index in [1.54, 1.807) is 0 Å². The standard InChI is InChI=1S/C14H21NO3/c1-3-5-6-7-15-13(16)11-8-10(4-2)9-12(11)14(17)18/h1,10-12H,4-9H2,2H3,(H,15,16)(H,17,18)/t10?,11-,12+/m0/s1. The number of carboxylic acid groups (broad SMARTS) is 1. The first kappa shape index (κ1) is 14.6. The molecule has 0 aliphatic heterocycles. The smallest absolute Gasteiger partial charge is 0.307 e. The molecule has 1 amide bonds. The van der Waals surface area contributed by atoms with Gasteiger partial charge < -0.3 is 10.4 Å². The molecule has 0 aromatic rings. The summed E-state index contributed by atoms with van der Waals surface area (Å²) >= 11 is 0. The van der Waals surface area contributed by atoms with Gasteiger partial charge >= 0.3 is 5.97 Å². The van der Waals surface area contributed by atoms with E-state index in [1.807, 2.05) is 6.92 Å². The second kappa shape index (κ2) is 7.05. The topological polar surface area (TPSA) is 66.4 Å². The highest BCUT2D eigenvalue weighted by Gasteiger charge is 2.41. The quantitative estimate of drug-likeness (QED) is 0.557. The molecule has 4 heteroatoms. The van der Waals surface area contributed by atoms with Gasteiger partial charge in [0.05, 0.1) is 11.8 Å². The van der Waals surface area contributed by atoms with Gasteiger partial charge in [0, 0.05) is 13.0 Å². The van der Waals surface area contributed by atoms with E-state index in [9.17, 15) is 9.59 Å². The summed E-state index contributed by atoms with van der Waals surface area (Å²) in [6.45, 7) is 2.57. The Hall–Kier alpha value is -1.50. The summed E-state index contributed by atoms with van der Waals surface area (Å²) in [7, 11) is 0. The van der Waals surface area contributed by atoms with Crippen LogP contribution in [0.15, 0.2) is 0 Å². The van der Waals surface area contributed by atoms with E-state index < -0.39 is 11.9 Å². The lowest BCUT2D eigenvalue weighted by Crippen LogP contribution is -2.35. The average molecular weight is 251 g/mol. The molecule has 18 heavy (non-hydrogen) atoms. The molecule has 0 spiro atoms. The third kappa shape index (κ3) is 3.76. The summed E-state index contributed by atoms with van der Waals surface area (Å²) < 4.78 is 0. The van der Waals surface area contributed by atoms with Gasteiger partial charge in [-0.3, -0.25) is 9.59 Å². The fraction of sp³-hybridized carbons (Fsp3) is 0.714. The van der Waals surface area contributed by atoms with Crippen LogP contribution >= 0.6 is 0 Å². The van der Waals surface area contributed by atoms with Crippen molar-refractivity contribution in [3.05, 3.63) is 0 Å². The largest absolute Gasteiger partial charge is 0.481 e. The van der Waals surface area contributed by atoms with Gasteiger partial charge in [-0.15, -0.1) is 12.3 Å². The van der Waals surface area contributed by atoms with Crippen molar-refractivity contribution < 1.29 is 14.7 Å². The van der Waals surface area contributed by atoms with E-state index in [4.69, 9.17) is 11.5 Å². The highest BCUT2D eigenvalue weighted by Crippen LogP contribution is 2.38. The van der Waals surface area contributed by atoms with Gasteiger partial charge in [-0.25, -0.2) is 0 Å². The predicted molar refractivity (Wildman–Crippen MR) is 68.7 cm³/mol. The van der Waals surface area contributed by atoms with Gasteiger partial charge in [0.15, 0.2) is 0 Å². The fourth-order valence-electron chi connectivity index (χ4n) is 2.57. The second-order valence-corrected chi connectivity index (χ2v) is 4.90. The first-order chi connectivity index (χ1) is 8.60. The molecule has 1 rings (SSSR count). The lowest BCUT2D eigenvalue weighted by Gasteiger charge is -2.15. The van der Waals surface area contributed by atoms with Gasteiger partial charge in [-0.05, 0) is 25.2 Å². The average Bonchev–Trinajstić information content (AvgIpc) is 2.78. The van der Waals surface area contributed by atoms with Crippen LogP contribution < -0.4 is 5.32 Å². The number of carbonyl (C=O) groups is 2. The Morgan fingerprint density at radius 3 is 2.61 bits per heavy atom. The Morgan fingerprint density at radius 1 is 1.39 bits per heavy atom. The van der Waals surface area contributed by atoms with E-state index in [1.165, 1.54) is 0 Å². The zero-order chi connectivity index (χ0) is 13.5. The third-order valence-electron chi connectivity index (χ3n) is 3.69. The molecule has 0 saturated heterocycles. The molecule has 0 bridgehead atoms. The molecule has 100 valence electrons. The minimum atomic E-state index is -0.852. The number of terminal acetylenes is 1. The van der Waals surface area contributed by atoms with E-state index in [2.05, 4.69) is 11.2 Å². The SMILES string of the molecule is C#CCCCNC(=O)[C@H]1CC(CC)C[C@H]1C(=O)O. The third-order valence-corrected chi connectivity index (χ3v) is 3.69. The van der Waals surface area contributed by atoms with Crippen LogP contribution in [0.5, 0.6) is 0 Å². The normalized spacial score (nSPS) is 26.6. The Bertz CT molecular complexity index is 345. The maximum atomic E-state index is 12.0. The van der Waals surface area contributed by atoms with Crippen LogP contribution in [-0.2, 0) is 9.59 Å². The molecule has 1 saturated carbocycles. The van der Waals surface area contributed by atoms with Gasteiger partial charge in [-0.1, -0.05) is 13.3 Å². The zero-order valence-corrected chi connectivity index (χ0v) is 10.8. The molecule has 0 heterocycles. The minimum Gasteiger partial charge on any atom is -0.481 e. The van der Waals surface area contributed by atoms with Crippen LogP contribution in [0, 0.1) is 30.1 Å². The van der Waals surface area contributed by atoms with Gasteiger partial charge in [0.2, 0.25) is 5.91 Å². The summed E-state index contributed by atoms with van der Waals surface area (Å²) in [6, 6.07) is 0. The number of carbonyl (C=O) groups excluding carboxylic acids is 1. The molecule has 4 nitrogen and oxygen atoms in total. The van der Waals surface area contributed by atoms with Crippen LogP contribution in [0.1, 0.15) is 39.0 Å². The number of carboxylic acids is 1. The summed E-state index contributed by atoms with van der Waals surface area (Å²) in [6.07, 6.45) is 8.74. The summed E-state index contributed by atoms with van der Waals surface area (Å²) in [4.78, 5) is 23.1. The lowest BCUT2D eigenvalue weighted by molar-refractivity contribution is -0.146. The summed E-state index contributed by atoms with van der Waals surface area (Å²) in [5.41, 5.74) is 0. The lowest BCUT2D eigenvalue weighted by atomic mass is 9.95. The van der Waals surface area contributed by atoms with E-state index in [0.29, 0.717) is 31.7 Å². The van der Waals surface area contributed by atoms with Crippen LogP contribution in [0.25, 0.3) is 0 Å². The summed E-state index contributed by atoms with van der Waals surface area (Å²) in [5, 5.41) is 11.9. The number of rotatable bonds is 6. The van der Waals surface area contributed by atoms with Crippen molar-refractivity contribution >= 4 is 11.9 Å². The highest BCUT2D eigenvalue weighted by atomic mass is 16.4. The fourth-order valence-corrected chi connectivity index (χ4v) is 2.57. The van der Waals surface area contributed by atoms with Crippen LogP contribution in [0.4, 0.5) is 0 Å². The molecule has 0 radical (unpaired) electrons. The van der Waals surface area contributed by atoms with Gasteiger partial charge in [0.1, 0.15) is 0 Å². The number of nitrogens with one attached hydrogen (secondary N) is 1. The molecule has 0 aromatic carbocycles. The maximum Gasteiger partial charge on any atom is 0.307 e. The molecule has 1 aliphatic carbocycles. The Morgan fingerprint density at radius 2 is 2.06 bits per heavy atom. The molecule has 1 fully saturated rings. The zero-order valence-electron chi connectivity index (χ0n) is 10.8. The number of hydrogen-bond donors (Lipinski definition) is 2. The van der Waals surface area contributed by atoms with Crippen LogP contribution in [0.2, 0.25) is 0 Å². The number of amides is 1. The number of hydrogen-bond acceptors (Lipinski definition) is 2. The highest BCUT2D eigenvalue weighted by molar-refractivity contribution is 5.85. The molecule has 1 unspecified atom stereocenters.